The minimum absolute atomic E-state index is 0.0283. The summed E-state index contributed by atoms with van der Waals surface area (Å²) in [5.74, 6) is 0.730. The van der Waals surface area contributed by atoms with Crippen LogP contribution in [0.15, 0.2) is 24.5 Å². The van der Waals surface area contributed by atoms with E-state index in [2.05, 4.69) is 15.2 Å². The van der Waals surface area contributed by atoms with Crippen molar-refractivity contribution in [1.82, 2.24) is 9.88 Å². The summed E-state index contributed by atoms with van der Waals surface area (Å²) in [5, 5.41) is 3.01. The lowest BCUT2D eigenvalue weighted by Crippen LogP contribution is -2.53. The van der Waals surface area contributed by atoms with Gasteiger partial charge in [0, 0.05) is 45.1 Å². The summed E-state index contributed by atoms with van der Waals surface area (Å²) in [7, 11) is 0. The molecular formula is C19H27N3O3. The van der Waals surface area contributed by atoms with E-state index in [1.165, 1.54) is 0 Å². The first-order valence-electron chi connectivity index (χ1n) is 9.44. The minimum Gasteiger partial charge on any atom is -0.381 e. The van der Waals surface area contributed by atoms with Crippen molar-refractivity contribution in [3.8, 4) is 0 Å². The highest BCUT2D eigenvalue weighted by Crippen LogP contribution is 2.33. The summed E-state index contributed by atoms with van der Waals surface area (Å²) >= 11 is 0. The third-order valence-electron chi connectivity index (χ3n) is 5.75. The molecule has 0 aliphatic carbocycles. The van der Waals surface area contributed by atoms with Crippen LogP contribution in [0, 0.1) is 11.8 Å². The molecule has 1 aromatic rings. The largest absolute Gasteiger partial charge is 0.381 e. The predicted octanol–water partition coefficient (Wildman–Crippen LogP) is 1.93. The average molecular weight is 345 g/mol. The summed E-state index contributed by atoms with van der Waals surface area (Å²) in [5.41, 5.74) is 0.762. The van der Waals surface area contributed by atoms with Crippen molar-refractivity contribution in [2.75, 3.05) is 38.2 Å². The van der Waals surface area contributed by atoms with Crippen molar-refractivity contribution in [1.29, 1.82) is 0 Å². The number of carbonyl (C=O) groups is 1. The maximum absolute atomic E-state index is 12.8. The molecule has 4 heterocycles. The predicted molar refractivity (Wildman–Crippen MR) is 94.2 cm³/mol. The van der Waals surface area contributed by atoms with E-state index in [1.54, 1.807) is 12.4 Å². The molecule has 3 atom stereocenters. The quantitative estimate of drug-likeness (QED) is 0.903. The summed E-state index contributed by atoms with van der Waals surface area (Å²) < 4.78 is 11.4. The second-order valence-corrected chi connectivity index (χ2v) is 7.44. The first-order chi connectivity index (χ1) is 12.3. The molecule has 0 bridgehead atoms. The molecule has 0 spiro atoms. The Morgan fingerprint density at radius 1 is 1.28 bits per heavy atom. The second-order valence-electron chi connectivity index (χ2n) is 7.44. The Hall–Kier alpha value is -1.50. The van der Waals surface area contributed by atoms with Gasteiger partial charge in [-0.1, -0.05) is 0 Å². The summed E-state index contributed by atoms with van der Waals surface area (Å²) in [6, 6.07) is 4.19. The zero-order chi connectivity index (χ0) is 17.1. The molecule has 0 radical (unpaired) electrons. The topological polar surface area (TPSA) is 63.7 Å². The zero-order valence-corrected chi connectivity index (χ0v) is 14.6. The van der Waals surface area contributed by atoms with E-state index in [-0.39, 0.29) is 17.9 Å². The van der Waals surface area contributed by atoms with E-state index < -0.39 is 0 Å². The van der Waals surface area contributed by atoms with E-state index in [0.717, 1.165) is 64.3 Å². The monoisotopic (exact) mass is 345 g/mol. The van der Waals surface area contributed by atoms with Gasteiger partial charge in [0.05, 0.1) is 23.9 Å². The van der Waals surface area contributed by atoms with Gasteiger partial charge in [-0.2, -0.15) is 0 Å². The lowest BCUT2D eigenvalue weighted by molar-refractivity contribution is -0.124. The van der Waals surface area contributed by atoms with Crippen molar-refractivity contribution in [2.24, 2.45) is 11.8 Å². The Labute approximate surface area is 148 Å². The van der Waals surface area contributed by atoms with Crippen LogP contribution in [0.5, 0.6) is 0 Å². The van der Waals surface area contributed by atoms with Crippen molar-refractivity contribution >= 4 is 11.6 Å². The smallest absolute Gasteiger partial charge is 0.228 e. The molecule has 25 heavy (non-hydrogen) atoms. The van der Waals surface area contributed by atoms with E-state index in [4.69, 9.17) is 9.47 Å². The minimum atomic E-state index is -0.0283. The molecule has 3 aliphatic rings. The lowest BCUT2D eigenvalue weighted by atomic mass is 9.87. The summed E-state index contributed by atoms with van der Waals surface area (Å²) in [6.07, 6.45) is 7.76. The Bertz CT molecular complexity index is 577. The first kappa shape index (κ1) is 16.9. The third kappa shape index (κ3) is 4.02. The number of hydrogen-bond donors (Lipinski definition) is 1. The van der Waals surface area contributed by atoms with Crippen LogP contribution in [0.2, 0.25) is 0 Å². The molecule has 1 aromatic heterocycles. The van der Waals surface area contributed by atoms with E-state index in [9.17, 15) is 4.79 Å². The lowest BCUT2D eigenvalue weighted by Gasteiger charge is -2.42. The van der Waals surface area contributed by atoms with Crippen molar-refractivity contribution < 1.29 is 14.3 Å². The van der Waals surface area contributed by atoms with Gasteiger partial charge in [-0.05, 0) is 43.7 Å². The molecule has 0 saturated carbocycles. The van der Waals surface area contributed by atoms with Crippen LogP contribution >= 0.6 is 0 Å². The Balaban J connectivity index is 1.41. The average Bonchev–Trinajstić information content (AvgIpc) is 3.12. The van der Waals surface area contributed by atoms with Gasteiger partial charge in [-0.25, -0.2) is 0 Å². The molecule has 136 valence electrons. The number of ether oxygens (including phenoxy) is 2. The molecular weight excluding hydrogens is 318 g/mol. The molecule has 1 amide bonds. The van der Waals surface area contributed by atoms with Gasteiger partial charge >= 0.3 is 0 Å². The molecule has 0 aromatic carbocycles. The molecule has 3 aliphatic heterocycles. The summed E-state index contributed by atoms with van der Waals surface area (Å²) in [6.45, 7) is 4.44. The molecule has 1 N–H and O–H groups in total. The zero-order valence-electron chi connectivity index (χ0n) is 14.6. The third-order valence-corrected chi connectivity index (χ3v) is 5.75. The number of likely N-dealkylation sites (tertiary alicyclic amines) is 1. The number of fused-ring (bicyclic) bond motifs is 1. The fourth-order valence-corrected chi connectivity index (χ4v) is 4.39. The van der Waals surface area contributed by atoms with Crippen molar-refractivity contribution in [2.45, 2.75) is 37.8 Å². The highest BCUT2D eigenvalue weighted by molar-refractivity contribution is 5.92. The highest BCUT2D eigenvalue weighted by atomic mass is 16.5. The number of rotatable bonds is 4. The first-order valence-corrected chi connectivity index (χ1v) is 9.44. The van der Waals surface area contributed by atoms with E-state index in [1.807, 2.05) is 12.1 Å². The van der Waals surface area contributed by atoms with Crippen molar-refractivity contribution in [3.63, 3.8) is 0 Å². The SMILES string of the molecule is O=C(Nc1cccnc1)[C@H]1C[C@H]2OCC[C@H]2N(CC2CCOCC2)C1. The Morgan fingerprint density at radius 2 is 2.16 bits per heavy atom. The van der Waals surface area contributed by atoms with Gasteiger partial charge in [-0.3, -0.25) is 14.7 Å². The van der Waals surface area contributed by atoms with Gasteiger partial charge in [0.1, 0.15) is 0 Å². The van der Waals surface area contributed by atoms with Gasteiger partial charge < -0.3 is 14.8 Å². The Morgan fingerprint density at radius 3 is 2.96 bits per heavy atom. The molecule has 3 saturated heterocycles. The van der Waals surface area contributed by atoms with Gasteiger partial charge in [0.15, 0.2) is 0 Å². The number of aromatic nitrogens is 1. The van der Waals surface area contributed by atoms with Crippen LogP contribution in [0.3, 0.4) is 0 Å². The van der Waals surface area contributed by atoms with Crippen LogP contribution in [-0.2, 0) is 14.3 Å². The normalized spacial score (nSPS) is 30.8. The van der Waals surface area contributed by atoms with Crippen LogP contribution in [0.4, 0.5) is 5.69 Å². The summed E-state index contributed by atoms with van der Waals surface area (Å²) in [4.78, 5) is 19.3. The molecule has 0 unspecified atom stereocenters. The number of carbonyl (C=O) groups excluding carboxylic acids is 1. The van der Waals surface area contributed by atoms with E-state index in [0.29, 0.717) is 12.0 Å². The van der Waals surface area contributed by atoms with Crippen LogP contribution in [0.1, 0.15) is 25.7 Å². The molecule has 6 nitrogen and oxygen atoms in total. The van der Waals surface area contributed by atoms with Crippen LogP contribution in [-0.4, -0.2) is 60.8 Å². The van der Waals surface area contributed by atoms with Gasteiger partial charge in [0.2, 0.25) is 5.91 Å². The van der Waals surface area contributed by atoms with Crippen LogP contribution in [0.25, 0.3) is 0 Å². The van der Waals surface area contributed by atoms with Crippen LogP contribution < -0.4 is 5.32 Å². The highest BCUT2D eigenvalue weighted by Gasteiger charge is 2.42. The fourth-order valence-electron chi connectivity index (χ4n) is 4.39. The van der Waals surface area contributed by atoms with Gasteiger partial charge in [-0.15, -0.1) is 0 Å². The number of hydrogen-bond acceptors (Lipinski definition) is 5. The maximum atomic E-state index is 12.8. The number of pyridine rings is 1. The second kappa shape index (κ2) is 7.81. The van der Waals surface area contributed by atoms with Gasteiger partial charge in [0.25, 0.3) is 0 Å². The van der Waals surface area contributed by atoms with E-state index >= 15 is 0 Å². The number of amides is 1. The van der Waals surface area contributed by atoms with Crippen molar-refractivity contribution in [3.05, 3.63) is 24.5 Å². The number of piperidine rings is 1. The standard InChI is InChI=1S/C19H27N3O3/c23-19(21-16-2-1-6-20-11-16)15-10-18-17(5-9-25-18)22(13-15)12-14-3-7-24-8-4-14/h1-2,6,11,14-15,17-18H,3-5,7-10,12-13H2,(H,21,23)/t15-,17+,18+/m0/s1. The fraction of sp³-hybridized carbons (Fsp3) is 0.684. The molecule has 3 fully saturated rings. The maximum Gasteiger partial charge on any atom is 0.228 e. The number of nitrogens with zero attached hydrogens (tertiary/aromatic N) is 2. The number of anilines is 1. The molecule has 4 rings (SSSR count). The molecule has 6 heteroatoms. The Kier molecular flexibility index (Phi) is 5.29. The number of nitrogens with one attached hydrogen (secondary N) is 1.